The SMILES string of the molecule is CC(=O)NCCCCC(NC(=O)CNC(=O)C(CCCN=C(N)N)NC(=O)OC(C)(C)C)C(=O)Nc1nc(=O)n([C@@H]2O[C@H](CO)[C@@H](O)[C@H]2O)cc1F. The number of aliphatic hydroxyl groups is 3. The Kier molecular flexibility index (Phi) is 16.8. The van der Waals surface area contributed by atoms with Crippen LogP contribution in [0.2, 0.25) is 0 Å². The molecule has 0 aromatic carbocycles. The first-order chi connectivity index (χ1) is 24.3. The number of aliphatic hydroxyl groups excluding tert-OH is 3. The van der Waals surface area contributed by atoms with Crippen molar-refractivity contribution in [3.63, 3.8) is 0 Å². The minimum Gasteiger partial charge on any atom is -0.444 e. The standard InChI is InChI=1S/C30H49FN10O11/c1-15(43)34-10-6-5-8-18(25(48)39-23-16(31)13-41(28(49)40-23)26-22(46)21(45)19(14-42)51-26)37-20(44)12-36-24(47)17(9-7-11-35-27(32)33)38-29(50)52-30(2,3)4/h13,17-19,21-22,26,42,45-46H,5-12,14H2,1-4H3,(H,34,43)(H,36,47)(H,37,44)(H,38,50)(H4,32,33,35)(H,39,40,48,49)/t17?,18?,19-,21-,22-,26-/m1/s1. The van der Waals surface area contributed by atoms with Crippen LogP contribution >= 0.6 is 0 Å². The van der Waals surface area contributed by atoms with Crippen molar-refractivity contribution in [3.8, 4) is 0 Å². The molecule has 12 N–H and O–H groups in total. The van der Waals surface area contributed by atoms with E-state index in [0.717, 1.165) is 0 Å². The van der Waals surface area contributed by atoms with E-state index in [4.69, 9.17) is 20.9 Å². The monoisotopic (exact) mass is 744 g/mol. The van der Waals surface area contributed by atoms with Gasteiger partial charge in [0.2, 0.25) is 23.6 Å². The number of hydrogen-bond acceptors (Lipinski definition) is 13. The Balaban J connectivity index is 2.15. The molecule has 5 amide bonds. The lowest BCUT2D eigenvalue weighted by Gasteiger charge is -2.23. The van der Waals surface area contributed by atoms with Gasteiger partial charge in [-0.25, -0.2) is 14.0 Å². The fraction of sp³-hybridized carbons (Fsp3) is 0.667. The second kappa shape index (κ2) is 20.2. The van der Waals surface area contributed by atoms with Gasteiger partial charge in [0.15, 0.2) is 23.8 Å². The first-order valence-electron chi connectivity index (χ1n) is 16.4. The molecular weight excluding hydrogens is 695 g/mol. The van der Waals surface area contributed by atoms with Crippen LogP contribution in [0.4, 0.5) is 15.0 Å². The molecule has 1 fully saturated rings. The summed E-state index contributed by atoms with van der Waals surface area (Å²) in [4.78, 5) is 82.8. The molecule has 1 aromatic rings. The predicted octanol–water partition coefficient (Wildman–Crippen LogP) is -3.21. The highest BCUT2D eigenvalue weighted by Crippen LogP contribution is 2.28. The molecular formula is C30H49FN10O11. The minimum absolute atomic E-state index is 0.0278. The summed E-state index contributed by atoms with van der Waals surface area (Å²) in [5.41, 5.74) is 8.61. The van der Waals surface area contributed by atoms with Crippen LogP contribution in [-0.4, -0.2) is 123 Å². The molecule has 0 saturated carbocycles. The van der Waals surface area contributed by atoms with E-state index in [-0.39, 0.29) is 50.6 Å². The van der Waals surface area contributed by atoms with Crippen molar-refractivity contribution in [1.82, 2.24) is 30.8 Å². The average Bonchev–Trinajstić information content (AvgIpc) is 3.33. The van der Waals surface area contributed by atoms with Crippen LogP contribution in [0.3, 0.4) is 0 Å². The van der Waals surface area contributed by atoms with Crippen LogP contribution in [0.25, 0.3) is 0 Å². The first kappa shape index (κ1) is 43.2. The third-order valence-electron chi connectivity index (χ3n) is 7.26. The fourth-order valence-electron chi connectivity index (χ4n) is 4.79. The van der Waals surface area contributed by atoms with Gasteiger partial charge in [-0.2, -0.15) is 4.98 Å². The number of guanidine groups is 1. The van der Waals surface area contributed by atoms with E-state index in [9.17, 15) is 44.1 Å². The summed E-state index contributed by atoms with van der Waals surface area (Å²) in [5.74, 6) is -5.09. The van der Waals surface area contributed by atoms with Gasteiger partial charge >= 0.3 is 11.8 Å². The Labute approximate surface area is 298 Å². The number of nitrogens with two attached hydrogens (primary N) is 2. The third kappa shape index (κ3) is 14.4. The molecule has 1 saturated heterocycles. The molecule has 22 heteroatoms. The van der Waals surface area contributed by atoms with E-state index in [1.165, 1.54) is 6.92 Å². The number of rotatable bonds is 18. The van der Waals surface area contributed by atoms with Gasteiger partial charge in [0.25, 0.3) is 0 Å². The fourth-order valence-corrected chi connectivity index (χ4v) is 4.79. The number of aliphatic imine (C=N–C) groups is 1. The summed E-state index contributed by atoms with van der Waals surface area (Å²) in [6.07, 6.45) is -5.45. The molecule has 21 nitrogen and oxygen atoms in total. The van der Waals surface area contributed by atoms with E-state index in [1.807, 2.05) is 0 Å². The van der Waals surface area contributed by atoms with Crippen LogP contribution in [0.5, 0.6) is 0 Å². The van der Waals surface area contributed by atoms with Crippen molar-refractivity contribution in [2.75, 3.05) is 31.6 Å². The van der Waals surface area contributed by atoms with E-state index in [2.05, 4.69) is 36.6 Å². The predicted molar refractivity (Wildman–Crippen MR) is 181 cm³/mol. The molecule has 1 aromatic heterocycles. The maximum absolute atomic E-state index is 15.1. The summed E-state index contributed by atoms with van der Waals surface area (Å²) >= 11 is 0. The van der Waals surface area contributed by atoms with Gasteiger partial charge in [0.05, 0.1) is 19.3 Å². The van der Waals surface area contributed by atoms with Gasteiger partial charge in [-0.15, -0.1) is 0 Å². The number of halogens is 1. The maximum Gasteiger partial charge on any atom is 0.408 e. The third-order valence-corrected chi connectivity index (χ3v) is 7.26. The van der Waals surface area contributed by atoms with Crippen molar-refractivity contribution in [3.05, 3.63) is 22.5 Å². The molecule has 1 aliphatic heterocycles. The van der Waals surface area contributed by atoms with Crippen LogP contribution in [0.1, 0.15) is 66.0 Å². The zero-order valence-electron chi connectivity index (χ0n) is 29.4. The second-order valence-corrected chi connectivity index (χ2v) is 12.8. The molecule has 2 unspecified atom stereocenters. The van der Waals surface area contributed by atoms with Crippen molar-refractivity contribution in [2.45, 2.75) is 102 Å². The Morgan fingerprint density at radius 1 is 1.04 bits per heavy atom. The lowest BCUT2D eigenvalue weighted by molar-refractivity contribution is -0.129. The molecule has 1 aliphatic rings. The normalized spacial score (nSPS) is 19.5. The van der Waals surface area contributed by atoms with Gasteiger partial charge in [0, 0.05) is 20.0 Å². The van der Waals surface area contributed by atoms with E-state index >= 15 is 4.39 Å². The molecule has 0 radical (unpaired) electrons. The lowest BCUT2D eigenvalue weighted by atomic mass is 10.1. The molecule has 0 aliphatic carbocycles. The number of unbranched alkanes of at least 4 members (excludes halogenated alkanes) is 1. The number of ether oxygens (including phenoxy) is 2. The van der Waals surface area contributed by atoms with Crippen LogP contribution in [-0.2, 0) is 28.7 Å². The molecule has 2 heterocycles. The number of hydrogen-bond donors (Lipinski definition) is 10. The van der Waals surface area contributed by atoms with E-state index in [1.54, 1.807) is 20.8 Å². The van der Waals surface area contributed by atoms with Gasteiger partial charge < -0.3 is 62.8 Å². The summed E-state index contributed by atoms with van der Waals surface area (Å²) < 4.78 is 26.1. The Bertz CT molecular complexity index is 1500. The summed E-state index contributed by atoms with van der Waals surface area (Å²) in [7, 11) is 0. The topological polar surface area (TPSA) is 324 Å². The highest BCUT2D eigenvalue weighted by atomic mass is 19.1. The molecule has 6 atom stereocenters. The largest absolute Gasteiger partial charge is 0.444 e. The number of carbonyl (C=O) groups excluding carboxylic acids is 5. The minimum atomic E-state index is -1.71. The van der Waals surface area contributed by atoms with Crippen molar-refractivity contribution in [2.24, 2.45) is 16.5 Å². The van der Waals surface area contributed by atoms with Gasteiger partial charge in [-0.05, 0) is 52.9 Å². The summed E-state index contributed by atoms with van der Waals surface area (Å²) in [6.45, 7) is 5.28. The van der Waals surface area contributed by atoms with Crippen LogP contribution in [0, 0.1) is 5.82 Å². The van der Waals surface area contributed by atoms with Crippen LogP contribution < -0.4 is 43.7 Å². The maximum atomic E-state index is 15.1. The Morgan fingerprint density at radius 3 is 2.29 bits per heavy atom. The Morgan fingerprint density at radius 2 is 1.69 bits per heavy atom. The van der Waals surface area contributed by atoms with Gasteiger partial charge in [0.1, 0.15) is 36.0 Å². The van der Waals surface area contributed by atoms with Crippen LogP contribution in [0.15, 0.2) is 16.0 Å². The number of amides is 5. The number of carbonyl (C=O) groups is 5. The summed E-state index contributed by atoms with van der Waals surface area (Å²) in [5, 5.41) is 41.5. The number of anilines is 1. The molecule has 0 spiro atoms. The molecule has 52 heavy (non-hydrogen) atoms. The second-order valence-electron chi connectivity index (χ2n) is 12.8. The number of alkyl carbamates (subject to hydrolysis) is 1. The molecule has 0 bridgehead atoms. The summed E-state index contributed by atoms with van der Waals surface area (Å²) in [6, 6.07) is -2.50. The smallest absolute Gasteiger partial charge is 0.408 e. The molecule has 292 valence electrons. The number of aromatic nitrogens is 2. The van der Waals surface area contributed by atoms with Crippen molar-refractivity contribution in [1.29, 1.82) is 0 Å². The van der Waals surface area contributed by atoms with Crippen molar-refractivity contribution >= 4 is 41.5 Å². The number of nitrogens with zero attached hydrogens (tertiary/aromatic N) is 3. The molecule has 2 rings (SSSR count). The number of nitrogens with one attached hydrogen (secondary N) is 5. The van der Waals surface area contributed by atoms with Gasteiger partial charge in [-0.1, -0.05) is 0 Å². The highest BCUT2D eigenvalue weighted by molar-refractivity contribution is 5.97. The van der Waals surface area contributed by atoms with E-state index in [0.29, 0.717) is 17.2 Å². The van der Waals surface area contributed by atoms with Crippen molar-refractivity contribution < 1.29 is 53.2 Å². The Hall–Kier alpha value is -4.93. The zero-order chi connectivity index (χ0) is 39.2. The average molecular weight is 745 g/mol. The zero-order valence-corrected chi connectivity index (χ0v) is 29.4. The van der Waals surface area contributed by atoms with E-state index < -0.39 is 96.5 Å². The van der Waals surface area contributed by atoms with Gasteiger partial charge in [-0.3, -0.25) is 28.7 Å². The highest BCUT2D eigenvalue weighted by Gasteiger charge is 2.44. The first-order valence-corrected chi connectivity index (χ1v) is 16.4. The lowest BCUT2D eigenvalue weighted by Crippen LogP contribution is -2.52. The quantitative estimate of drug-likeness (QED) is 0.0402.